The van der Waals surface area contributed by atoms with E-state index in [0.29, 0.717) is 0 Å². The summed E-state index contributed by atoms with van der Waals surface area (Å²) in [6.45, 7) is 8.40. The van der Waals surface area contributed by atoms with Gasteiger partial charge in [-0.3, -0.25) is 0 Å². The molecule has 2 nitrogen and oxygen atoms in total. The van der Waals surface area contributed by atoms with Crippen molar-refractivity contribution in [2.75, 3.05) is 0 Å². The molecule has 3 heteroatoms. The monoisotopic (exact) mass is 318 g/mol. The van der Waals surface area contributed by atoms with Gasteiger partial charge in [0.1, 0.15) is 0 Å². The van der Waals surface area contributed by atoms with E-state index < -0.39 is 0 Å². The highest BCUT2D eigenvalue weighted by Gasteiger charge is 2.52. The van der Waals surface area contributed by atoms with Crippen molar-refractivity contribution in [2.24, 2.45) is 0 Å². The fraction of sp³-hybridized carbons (Fsp3) is 0.333. The van der Waals surface area contributed by atoms with Crippen LogP contribution in [0.15, 0.2) is 54.6 Å². The van der Waals surface area contributed by atoms with Gasteiger partial charge in [-0.1, -0.05) is 54.6 Å². The Balaban J connectivity index is 1.72. The molecule has 0 amide bonds. The Bertz CT molecular complexity index is 790. The van der Waals surface area contributed by atoms with E-state index in [9.17, 15) is 0 Å². The van der Waals surface area contributed by atoms with Gasteiger partial charge in [-0.15, -0.1) is 0 Å². The number of hydrogen-bond acceptors (Lipinski definition) is 2. The second-order valence-corrected chi connectivity index (χ2v) is 7.65. The molecule has 1 aliphatic carbocycles. The van der Waals surface area contributed by atoms with Gasteiger partial charge in [-0.2, -0.15) is 0 Å². The molecule has 0 saturated carbocycles. The number of fused-ring (bicyclic) bond motifs is 1. The first kappa shape index (κ1) is 15.7. The predicted octanol–water partition coefficient (Wildman–Crippen LogP) is 3.97. The zero-order valence-electron chi connectivity index (χ0n) is 14.8. The molecule has 0 aromatic heterocycles. The zero-order chi connectivity index (χ0) is 16.9. The quantitative estimate of drug-likeness (QED) is 0.780. The molecule has 4 rings (SSSR count). The summed E-state index contributed by atoms with van der Waals surface area (Å²) < 4.78 is 12.5. The van der Waals surface area contributed by atoms with Gasteiger partial charge in [0.2, 0.25) is 0 Å². The number of allylic oxidation sites excluding steroid dienone is 1. The minimum absolute atomic E-state index is 0.298. The highest BCUT2D eigenvalue weighted by atomic mass is 16.7. The third kappa shape index (κ3) is 2.35. The fourth-order valence-electron chi connectivity index (χ4n) is 3.48. The standard InChI is InChI=1S/C21H23BO2/c1-20(2)21(3,4)24-22(23-20)19-12-8-11-17-16(13-14-18(17)19)15-9-6-5-7-10-15/h5-13H,14H2,1-4H3. The van der Waals surface area contributed by atoms with Crippen LogP contribution in [0.4, 0.5) is 0 Å². The molecule has 0 atom stereocenters. The molecule has 1 fully saturated rings. The molecule has 0 bridgehead atoms. The first-order valence-corrected chi connectivity index (χ1v) is 8.62. The van der Waals surface area contributed by atoms with Crippen molar-refractivity contribution in [3.8, 4) is 0 Å². The lowest BCUT2D eigenvalue weighted by molar-refractivity contribution is 0.00578. The van der Waals surface area contributed by atoms with Gasteiger partial charge in [0.25, 0.3) is 0 Å². The molecule has 122 valence electrons. The Morgan fingerprint density at radius 2 is 1.50 bits per heavy atom. The molecule has 24 heavy (non-hydrogen) atoms. The van der Waals surface area contributed by atoms with Crippen LogP contribution in [0.3, 0.4) is 0 Å². The van der Waals surface area contributed by atoms with Crippen LogP contribution in [-0.4, -0.2) is 18.3 Å². The smallest absolute Gasteiger partial charge is 0.399 e. The fourth-order valence-corrected chi connectivity index (χ4v) is 3.48. The van der Waals surface area contributed by atoms with Crippen LogP contribution in [0.25, 0.3) is 5.57 Å². The average Bonchev–Trinajstić information content (AvgIpc) is 3.06. The van der Waals surface area contributed by atoms with Gasteiger partial charge in [0.05, 0.1) is 11.2 Å². The Hall–Kier alpha value is -1.84. The van der Waals surface area contributed by atoms with Crippen molar-refractivity contribution >= 4 is 18.2 Å². The molecule has 2 aromatic carbocycles. The summed E-state index contributed by atoms with van der Waals surface area (Å²) in [5, 5.41) is 0. The number of benzene rings is 2. The summed E-state index contributed by atoms with van der Waals surface area (Å²) in [5.74, 6) is 0. The van der Waals surface area contributed by atoms with Crippen molar-refractivity contribution in [3.63, 3.8) is 0 Å². The normalized spacial score (nSPS) is 20.8. The van der Waals surface area contributed by atoms with Crippen LogP contribution in [0, 0.1) is 0 Å². The largest absolute Gasteiger partial charge is 0.495 e. The molecular formula is C21H23BO2. The second kappa shape index (κ2) is 5.33. The van der Waals surface area contributed by atoms with Gasteiger partial charge in [0.15, 0.2) is 0 Å². The van der Waals surface area contributed by atoms with Crippen LogP contribution in [-0.2, 0) is 15.7 Å². The lowest BCUT2D eigenvalue weighted by atomic mass is 9.74. The summed E-state index contributed by atoms with van der Waals surface area (Å²) in [6.07, 6.45) is 3.24. The van der Waals surface area contributed by atoms with E-state index in [-0.39, 0.29) is 18.3 Å². The number of hydrogen-bond donors (Lipinski definition) is 0. The maximum absolute atomic E-state index is 6.27. The number of rotatable bonds is 2. The topological polar surface area (TPSA) is 18.5 Å². The van der Waals surface area contributed by atoms with Crippen LogP contribution >= 0.6 is 0 Å². The minimum atomic E-state index is -0.311. The highest BCUT2D eigenvalue weighted by molar-refractivity contribution is 6.62. The van der Waals surface area contributed by atoms with Gasteiger partial charge >= 0.3 is 7.12 Å². The predicted molar refractivity (Wildman–Crippen MR) is 99.4 cm³/mol. The lowest BCUT2D eigenvalue weighted by Crippen LogP contribution is -2.41. The zero-order valence-corrected chi connectivity index (χ0v) is 14.8. The molecule has 0 N–H and O–H groups in total. The first-order valence-electron chi connectivity index (χ1n) is 8.62. The van der Waals surface area contributed by atoms with Crippen molar-refractivity contribution in [1.29, 1.82) is 0 Å². The minimum Gasteiger partial charge on any atom is -0.399 e. The molecule has 1 saturated heterocycles. The van der Waals surface area contributed by atoms with E-state index >= 15 is 0 Å². The maximum Gasteiger partial charge on any atom is 0.495 e. The van der Waals surface area contributed by atoms with E-state index in [1.54, 1.807) is 0 Å². The third-order valence-electron chi connectivity index (χ3n) is 5.60. The first-order chi connectivity index (χ1) is 11.4. The van der Waals surface area contributed by atoms with Crippen molar-refractivity contribution in [1.82, 2.24) is 0 Å². The molecule has 0 spiro atoms. The SMILES string of the molecule is CC1(C)OB(c2cccc3c2CC=C3c2ccccc2)OC1(C)C. The van der Waals surface area contributed by atoms with E-state index in [1.165, 1.54) is 22.3 Å². The van der Waals surface area contributed by atoms with Crippen molar-refractivity contribution in [3.05, 3.63) is 71.3 Å². The summed E-state index contributed by atoms with van der Waals surface area (Å²) >= 11 is 0. The van der Waals surface area contributed by atoms with Crippen LogP contribution in [0.2, 0.25) is 0 Å². The molecule has 2 aliphatic rings. The average molecular weight is 318 g/mol. The van der Waals surface area contributed by atoms with Crippen LogP contribution < -0.4 is 5.46 Å². The summed E-state index contributed by atoms with van der Waals surface area (Å²) in [5.41, 5.74) is 5.74. The molecule has 1 aliphatic heterocycles. The van der Waals surface area contributed by atoms with E-state index in [4.69, 9.17) is 9.31 Å². The van der Waals surface area contributed by atoms with E-state index in [0.717, 1.165) is 11.9 Å². The van der Waals surface area contributed by atoms with Gasteiger partial charge in [-0.05, 0) is 61.8 Å². The van der Waals surface area contributed by atoms with E-state index in [1.807, 2.05) is 0 Å². The Morgan fingerprint density at radius 1 is 0.833 bits per heavy atom. The summed E-state index contributed by atoms with van der Waals surface area (Å²) in [6, 6.07) is 17.0. The highest BCUT2D eigenvalue weighted by Crippen LogP contribution is 2.38. The van der Waals surface area contributed by atoms with Crippen molar-refractivity contribution in [2.45, 2.75) is 45.3 Å². The summed E-state index contributed by atoms with van der Waals surface area (Å²) in [7, 11) is -0.298. The molecule has 1 heterocycles. The molecule has 2 aromatic rings. The second-order valence-electron chi connectivity index (χ2n) is 7.65. The lowest BCUT2D eigenvalue weighted by Gasteiger charge is -2.32. The Labute approximate surface area is 144 Å². The Kier molecular flexibility index (Phi) is 3.49. The van der Waals surface area contributed by atoms with E-state index in [2.05, 4.69) is 82.3 Å². The Morgan fingerprint density at radius 3 is 2.17 bits per heavy atom. The van der Waals surface area contributed by atoms with Gasteiger partial charge < -0.3 is 9.31 Å². The van der Waals surface area contributed by atoms with Gasteiger partial charge in [0, 0.05) is 0 Å². The van der Waals surface area contributed by atoms with Gasteiger partial charge in [-0.25, -0.2) is 0 Å². The van der Waals surface area contributed by atoms with Crippen LogP contribution in [0.5, 0.6) is 0 Å². The maximum atomic E-state index is 6.27. The molecule has 0 unspecified atom stereocenters. The van der Waals surface area contributed by atoms with Crippen molar-refractivity contribution < 1.29 is 9.31 Å². The molecular weight excluding hydrogens is 295 g/mol. The third-order valence-corrected chi connectivity index (χ3v) is 5.60. The van der Waals surface area contributed by atoms with Crippen LogP contribution in [0.1, 0.15) is 44.4 Å². The molecule has 0 radical (unpaired) electrons. The summed E-state index contributed by atoms with van der Waals surface area (Å²) in [4.78, 5) is 0.